The molecule has 0 aromatic heterocycles. The molecule has 0 fully saturated rings. The Labute approximate surface area is 252 Å². The minimum atomic E-state index is -4.99. The lowest BCUT2D eigenvalue weighted by Gasteiger charge is -2.19. The number of rotatable bonds is 12. The highest BCUT2D eigenvalue weighted by atomic mass is 127. The third-order valence-electron chi connectivity index (χ3n) is 6.20. The van der Waals surface area contributed by atoms with Gasteiger partial charge in [0.05, 0.1) is 11.1 Å². The number of fused-ring (bicyclic) bond motifs is 1. The predicted octanol–water partition coefficient (Wildman–Crippen LogP) is 6.98. The lowest BCUT2D eigenvalue weighted by atomic mass is 9.85. The largest absolute Gasteiger partial charge is 0.484 e. The molecular formula is C27H26F6IN2O5P. The number of amides is 2. The van der Waals surface area contributed by atoms with Crippen molar-refractivity contribution in [2.75, 3.05) is 13.2 Å². The third-order valence-corrected chi connectivity index (χ3v) is 7.04. The number of hydrogen-bond acceptors (Lipinski definition) is 5. The molecule has 1 atom stereocenters. The summed E-state index contributed by atoms with van der Waals surface area (Å²) in [6.07, 6.45) is -6.17. The van der Waals surface area contributed by atoms with Gasteiger partial charge in [-0.25, -0.2) is 10.1 Å². The first-order valence-electron chi connectivity index (χ1n) is 12.7. The summed E-state index contributed by atoms with van der Waals surface area (Å²) in [4.78, 5) is 36.5. The zero-order valence-corrected chi connectivity index (χ0v) is 25.0. The number of aryl methyl sites for hydroxylation is 1. The van der Waals surface area contributed by atoms with Crippen molar-refractivity contribution in [3.63, 3.8) is 0 Å². The molecule has 2 aromatic carbocycles. The number of ketones is 1. The maximum atomic E-state index is 13.2. The van der Waals surface area contributed by atoms with Crippen LogP contribution in [0.2, 0.25) is 0 Å². The van der Waals surface area contributed by atoms with E-state index >= 15 is 0 Å². The normalized spacial score (nSPS) is 14.7. The van der Waals surface area contributed by atoms with Crippen molar-refractivity contribution in [2.24, 2.45) is 0 Å². The second kappa shape index (κ2) is 15.1. The maximum Gasteiger partial charge on any atom is 0.416 e. The van der Waals surface area contributed by atoms with Gasteiger partial charge in [-0.2, -0.15) is 26.3 Å². The lowest BCUT2D eigenvalue weighted by molar-refractivity contribution is -0.143. The van der Waals surface area contributed by atoms with E-state index in [9.17, 15) is 40.7 Å². The fourth-order valence-corrected chi connectivity index (χ4v) is 4.67. The molecule has 0 bridgehead atoms. The van der Waals surface area contributed by atoms with Crippen molar-refractivity contribution in [1.82, 2.24) is 10.8 Å². The zero-order valence-electron chi connectivity index (χ0n) is 21.9. The van der Waals surface area contributed by atoms with Crippen LogP contribution in [0.15, 0.2) is 42.0 Å². The molecule has 1 aliphatic carbocycles. The molecule has 7 nitrogen and oxygen atoms in total. The van der Waals surface area contributed by atoms with E-state index in [-0.39, 0.29) is 54.1 Å². The van der Waals surface area contributed by atoms with Gasteiger partial charge in [0.1, 0.15) is 12.2 Å². The van der Waals surface area contributed by atoms with Gasteiger partial charge in [0.2, 0.25) is 5.91 Å². The molecule has 3 rings (SSSR count). The van der Waals surface area contributed by atoms with Crippen molar-refractivity contribution >= 4 is 52.2 Å². The Morgan fingerprint density at radius 1 is 0.929 bits per heavy atom. The molecule has 0 aliphatic heterocycles. The molecule has 2 aromatic rings. The first-order valence-corrected chi connectivity index (χ1v) is 16.7. The van der Waals surface area contributed by atoms with E-state index in [0.29, 0.717) is 55.7 Å². The Kier molecular flexibility index (Phi) is 12.2. The van der Waals surface area contributed by atoms with Crippen LogP contribution in [-0.4, -0.2) is 30.7 Å². The summed E-state index contributed by atoms with van der Waals surface area (Å²) >= 11 is 1.98. The predicted molar refractivity (Wildman–Crippen MR) is 152 cm³/mol. The number of halogens is 7. The van der Waals surface area contributed by atoms with Gasteiger partial charge in [-0.1, -0.05) is 6.42 Å². The van der Waals surface area contributed by atoms with Gasteiger partial charge >= 0.3 is 12.4 Å². The van der Waals surface area contributed by atoms with Crippen LogP contribution in [0.4, 0.5) is 26.3 Å². The summed E-state index contributed by atoms with van der Waals surface area (Å²) in [5, 5.41) is 2.71. The van der Waals surface area contributed by atoms with E-state index in [4.69, 9.17) is 9.36 Å². The highest BCUT2D eigenvalue weighted by Crippen LogP contribution is 2.37. The Morgan fingerprint density at radius 3 is 2.26 bits per heavy atom. The second-order valence-electron chi connectivity index (χ2n) is 9.31. The van der Waals surface area contributed by atoms with Crippen molar-refractivity contribution in [1.29, 1.82) is 0 Å². The SMILES string of the molecule is O=C(COc1ccc2c(c1)CC/C(=C\c1cc(C(F)(F)F)cc(C(F)(F)F)c1)C2=O)NCCCCCC(=O)NOPI. The number of hydrogen-bond donors (Lipinski definition) is 2. The quantitative estimate of drug-likeness (QED) is 0.0614. The molecule has 1 aliphatic rings. The standard InChI is InChI=1S/C27H26F6IN2O5P/c28-26(29,30)19-11-16(12-20(14-19)27(31,32)33)10-18-6-5-17-13-21(7-8-22(17)25(18)39)40-15-24(38)35-9-3-1-2-4-23(37)36-41-42-34/h7-8,10-14,42H,1-6,9,15H2,(H,35,38)(H,36,37)/b18-10+. The van der Waals surface area contributed by atoms with E-state index in [2.05, 4.69) is 10.8 Å². The van der Waals surface area contributed by atoms with Gasteiger partial charge in [0.25, 0.3) is 5.91 Å². The molecule has 0 spiro atoms. The van der Waals surface area contributed by atoms with Crippen LogP contribution in [0.3, 0.4) is 0 Å². The molecule has 1 unspecified atom stereocenters. The molecule has 2 N–H and O–H groups in total. The van der Waals surface area contributed by atoms with Crippen LogP contribution in [0.5, 0.6) is 5.75 Å². The first-order chi connectivity index (χ1) is 19.8. The third kappa shape index (κ3) is 10.2. The first kappa shape index (κ1) is 33.8. The number of unbranched alkanes of at least 4 members (excludes halogenated alkanes) is 2. The van der Waals surface area contributed by atoms with E-state index in [1.165, 1.54) is 12.1 Å². The lowest BCUT2D eigenvalue weighted by Crippen LogP contribution is -2.29. The Morgan fingerprint density at radius 2 is 1.62 bits per heavy atom. The molecule has 0 saturated carbocycles. The number of carbonyl (C=O) groups is 3. The monoisotopic (exact) mass is 730 g/mol. The molecule has 228 valence electrons. The summed E-state index contributed by atoms with van der Waals surface area (Å²) in [7, 11) is 0. The van der Waals surface area contributed by atoms with E-state index < -0.39 is 29.3 Å². The summed E-state index contributed by atoms with van der Waals surface area (Å²) < 4.78 is 89.5. The van der Waals surface area contributed by atoms with Crippen LogP contribution in [0, 0.1) is 0 Å². The summed E-state index contributed by atoms with van der Waals surface area (Å²) in [6, 6.07) is 5.69. The molecule has 0 heterocycles. The topological polar surface area (TPSA) is 93.7 Å². The van der Waals surface area contributed by atoms with Crippen LogP contribution < -0.4 is 15.5 Å². The Bertz CT molecular complexity index is 1300. The minimum Gasteiger partial charge on any atom is -0.484 e. The van der Waals surface area contributed by atoms with Crippen LogP contribution in [-0.2, 0) is 33.0 Å². The minimum absolute atomic E-state index is 0.0373. The number of nitrogens with one attached hydrogen (secondary N) is 2. The molecular weight excluding hydrogens is 704 g/mol. The Balaban J connectivity index is 1.55. The smallest absolute Gasteiger partial charge is 0.416 e. The number of hydroxylamine groups is 1. The summed E-state index contributed by atoms with van der Waals surface area (Å²) in [6.45, 7) is 0.266. The van der Waals surface area contributed by atoms with Gasteiger partial charge in [-0.05, 0) is 101 Å². The van der Waals surface area contributed by atoms with Crippen LogP contribution >= 0.6 is 28.5 Å². The molecule has 0 saturated heterocycles. The van der Waals surface area contributed by atoms with Gasteiger partial charge in [0.15, 0.2) is 12.4 Å². The van der Waals surface area contributed by atoms with Crippen molar-refractivity contribution in [3.05, 3.63) is 69.8 Å². The van der Waals surface area contributed by atoms with Crippen LogP contribution in [0.25, 0.3) is 6.08 Å². The summed E-state index contributed by atoms with van der Waals surface area (Å²) in [5.74, 6) is -0.743. The molecule has 2 amide bonds. The van der Waals surface area contributed by atoms with E-state index in [1.807, 2.05) is 22.0 Å². The van der Waals surface area contributed by atoms with Gasteiger partial charge in [-0.15, -0.1) is 0 Å². The van der Waals surface area contributed by atoms with Crippen LogP contribution in [0.1, 0.15) is 64.7 Å². The van der Waals surface area contributed by atoms with Gasteiger partial charge < -0.3 is 10.1 Å². The fraction of sp³-hybridized carbons (Fsp3) is 0.370. The number of benzene rings is 2. The molecule has 0 radical (unpaired) electrons. The number of alkyl halides is 6. The maximum absolute atomic E-state index is 13.2. The Hall–Kier alpha value is -2.71. The summed E-state index contributed by atoms with van der Waals surface area (Å²) in [5.41, 5.74) is -0.0584. The average molecular weight is 730 g/mol. The van der Waals surface area contributed by atoms with E-state index in [1.54, 1.807) is 6.07 Å². The number of allylic oxidation sites excluding steroid dienone is 1. The van der Waals surface area contributed by atoms with Crippen molar-refractivity contribution in [3.8, 4) is 5.75 Å². The van der Waals surface area contributed by atoms with Crippen molar-refractivity contribution < 1.29 is 50.1 Å². The highest BCUT2D eigenvalue weighted by molar-refractivity contribution is 14.2. The molecule has 42 heavy (non-hydrogen) atoms. The van der Waals surface area contributed by atoms with E-state index in [0.717, 1.165) is 12.5 Å². The number of ether oxygens (including phenoxy) is 1. The number of carbonyl (C=O) groups excluding carboxylic acids is 3. The average Bonchev–Trinajstić information content (AvgIpc) is 2.93. The number of Topliss-reactive ketones (excluding diaryl/α,β-unsaturated/α-hetero) is 1. The fourth-order valence-electron chi connectivity index (χ4n) is 4.19. The zero-order chi connectivity index (χ0) is 30.9. The highest BCUT2D eigenvalue weighted by Gasteiger charge is 2.37. The van der Waals surface area contributed by atoms with Crippen molar-refractivity contribution in [2.45, 2.75) is 50.9 Å². The van der Waals surface area contributed by atoms with Gasteiger partial charge in [0, 0.05) is 24.1 Å². The van der Waals surface area contributed by atoms with Gasteiger partial charge in [-0.3, -0.25) is 14.4 Å². The molecule has 15 heteroatoms. The second-order valence-corrected chi connectivity index (χ2v) is 11.0.